The standard InChI is InChI=1S/C17H14BrN3O2S/c18-16-19-20-17(24-9-15(22)23)21(16)14-6-2-4-12-11(10-7-8-10)3-1-5-13(12)14/h1-6,10H,7-9H2,(H,22,23)/p-1. The maximum absolute atomic E-state index is 10.8. The zero-order valence-electron chi connectivity index (χ0n) is 12.6. The van der Waals surface area contributed by atoms with Crippen LogP contribution in [0.1, 0.15) is 24.3 Å². The molecule has 0 atom stereocenters. The second-order valence-electron chi connectivity index (χ2n) is 5.74. The molecule has 0 spiro atoms. The van der Waals surface area contributed by atoms with E-state index in [0.29, 0.717) is 15.8 Å². The Balaban J connectivity index is 1.87. The number of hydrogen-bond acceptors (Lipinski definition) is 5. The average Bonchev–Trinajstić information content (AvgIpc) is 3.35. The summed E-state index contributed by atoms with van der Waals surface area (Å²) in [6, 6.07) is 12.5. The molecule has 4 rings (SSSR count). The van der Waals surface area contributed by atoms with Gasteiger partial charge in [0.05, 0.1) is 11.7 Å². The van der Waals surface area contributed by atoms with E-state index in [4.69, 9.17) is 0 Å². The fourth-order valence-corrected chi connectivity index (χ4v) is 4.15. The number of carbonyl (C=O) groups excluding carboxylic acids is 1. The van der Waals surface area contributed by atoms with Gasteiger partial charge in [-0.3, -0.25) is 4.57 Å². The number of thioether (sulfide) groups is 1. The molecule has 1 fully saturated rings. The number of halogens is 1. The molecule has 2 aromatic carbocycles. The van der Waals surface area contributed by atoms with Gasteiger partial charge < -0.3 is 9.90 Å². The summed E-state index contributed by atoms with van der Waals surface area (Å²) in [5, 5.41) is 21.7. The lowest BCUT2D eigenvalue weighted by Gasteiger charge is -2.13. The first-order chi connectivity index (χ1) is 11.6. The Bertz CT molecular complexity index is 937. The van der Waals surface area contributed by atoms with Crippen LogP contribution in [0.2, 0.25) is 0 Å². The number of aliphatic carboxylic acids is 1. The van der Waals surface area contributed by atoms with Crippen LogP contribution < -0.4 is 5.11 Å². The fourth-order valence-electron chi connectivity index (χ4n) is 2.93. The van der Waals surface area contributed by atoms with Gasteiger partial charge in [-0.05, 0) is 51.7 Å². The van der Waals surface area contributed by atoms with Crippen LogP contribution >= 0.6 is 27.7 Å². The Labute approximate surface area is 151 Å². The van der Waals surface area contributed by atoms with Crippen molar-refractivity contribution >= 4 is 44.4 Å². The molecule has 0 amide bonds. The number of fused-ring (bicyclic) bond motifs is 1. The van der Waals surface area contributed by atoms with Crippen LogP contribution in [0, 0.1) is 0 Å². The maximum atomic E-state index is 10.8. The van der Waals surface area contributed by atoms with Gasteiger partial charge in [0.1, 0.15) is 0 Å². The minimum atomic E-state index is -1.13. The van der Waals surface area contributed by atoms with E-state index in [2.05, 4.69) is 50.4 Å². The van der Waals surface area contributed by atoms with E-state index in [0.717, 1.165) is 22.8 Å². The van der Waals surface area contributed by atoms with E-state index in [-0.39, 0.29) is 5.75 Å². The van der Waals surface area contributed by atoms with Crippen LogP contribution in [-0.4, -0.2) is 26.5 Å². The summed E-state index contributed by atoms with van der Waals surface area (Å²) < 4.78 is 2.39. The van der Waals surface area contributed by atoms with Crippen molar-refractivity contribution in [3.8, 4) is 5.69 Å². The Hall–Kier alpha value is -1.86. The third-order valence-electron chi connectivity index (χ3n) is 4.10. The maximum Gasteiger partial charge on any atom is 0.205 e. The molecular weight excluding hydrogens is 390 g/mol. The summed E-state index contributed by atoms with van der Waals surface area (Å²) in [6.07, 6.45) is 2.48. The molecule has 0 radical (unpaired) electrons. The van der Waals surface area contributed by atoms with E-state index in [9.17, 15) is 9.90 Å². The highest BCUT2D eigenvalue weighted by atomic mass is 79.9. The molecule has 3 aromatic rings. The average molecular weight is 403 g/mol. The summed E-state index contributed by atoms with van der Waals surface area (Å²) >= 11 is 4.52. The van der Waals surface area contributed by atoms with E-state index in [1.807, 2.05) is 16.7 Å². The van der Waals surface area contributed by atoms with Gasteiger partial charge in [-0.1, -0.05) is 42.1 Å². The summed E-state index contributed by atoms with van der Waals surface area (Å²) in [5.74, 6) is -0.636. The molecule has 1 saturated carbocycles. The molecule has 1 aromatic heterocycles. The first-order valence-corrected chi connectivity index (χ1v) is 9.38. The lowest BCUT2D eigenvalue weighted by atomic mass is 10.00. The smallest absolute Gasteiger partial charge is 0.205 e. The second kappa shape index (κ2) is 6.22. The van der Waals surface area contributed by atoms with E-state index in [1.165, 1.54) is 23.8 Å². The molecule has 0 aliphatic heterocycles. The van der Waals surface area contributed by atoms with Crippen LogP contribution in [-0.2, 0) is 4.79 Å². The van der Waals surface area contributed by atoms with Crippen molar-refractivity contribution in [1.82, 2.24) is 14.8 Å². The highest BCUT2D eigenvalue weighted by Gasteiger charge is 2.25. The molecule has 24 heavy (non-hydrogen) atoms. The normalized spacial score (nSPS) is 14.2. The molecule has 0 unspecified atom stereocenters. The van der Waals surface area contributed by atoms with Crippen LogP contribution in [0.15, 0.2) is 46.3 Å². The minimum Gasteiger partial charge on any atom is -0.549 e. The van der Waals surface area contributed by atoms with Gasteiger partial charge in [-0.15, -0.1) is 10.2 Å². The predicted octanol–water partition coefficient (Wildman–Crippen LogP) is 2.90. The molecule has 1 aliphatic rings. The summed E-state index contributed by atoms with van der Waals surface area (Å²) in [6.45, 7) is 0. The Morgan fingerprint density at radius 2 is 1.96 bits per heavy atom. The zero-order chi connectivity index (χ0) is 16.7. The molecule has 0 bridgehead atoms. The third kappa shape index (κ3) is 2.82. The predicted molar refractivity (Wildman–Crippen MR) is 94.3 cm³/mol. The van der Waals surface area contributed by atoms with Gasteiger partial charge in [0, 0.05) is 11.1 Å². The van der Waals surface area contributed by atoms with E-state index < -0.39 is 5.97 Å². The first-order valence-electron chi connectivity index (χ1n) is 7.60. The molecule has 7 heteroatoms. The number of carbonyl (C=O) groups is 1. The molecule has 1 heterocycles. The van der Waals surface area contributed by atoms with Crippen LogP contribution in [0.25, 0.3) is 16.5 Å². The molecule has 122 valence electrons. The fraction of sp³-hybridized carbons (Fsp3) is 0.235. The zero-order valence-corrected chi connectivity index (χ0v) is 15.0. The van der Waals surface area contributed by atoms with Crippen molar-refractivity contribution in [2.24, 2.45) is 0 Å². The van der Waals surface area contributed by atoms with Gasteiger partial charge in [-0.25, -0.2) is 0 Å². The highest BCUT2D eigenvalue weighted by molar-refractivity contribution is 9.10. The number of carboxylic acids is 1. The quantitative estimate of drug-likeness (QED) is 0.613. The van der Waals surface area contributed by atoms with Crippen LogP contribution in [0.3, 0.4) is 0 Å². The molecule has 5 nitrogen and oxygen atoms in total. The van der Waals surface area contributed by atoms with Crippen molar-refractivity contribution in [3.05, 3.63) is 46.7 Å². The van der Waals surface area contributed by atoms with E-state index >= 15 is 0 Å². The number of aromatic nitrogens is 3. The van der Waals surface area contributed by atoms with Gasteiger partial charge in [0.25, 0.3) is 0 Å². The van der Waals surface area contributed by atoms with Gasteiger partial charge in [0.15, 0.2) is 5.16 Å². The SMILES string of the molecule is O=C([O-])CSc1nnc(Br)n1-c1cccc2c(C3CC3)cccc12. The summed E-state index contributed by atoms with van der Waals surface area (Å²) in [7, 11) is 0. The Morgan fingerprint density at radius 3 is 2.71 bits per heavy atom. The van der Waals surface area contributed by atoms with Crippen molar-refractivity contribution in [1.29, 1.82) is 0 Å². The van der Waals surface area contributed by atoms with Crippen molar-refractivity contribution in [2.45, 2.75) is 23.9 Å². The number of rotatable bonds is 5. The topological polar surface area (TPSA) is 70.8 Å². The number of benzene rings is 2. The monoisotopic (exact) mass is 402 g/mol. The number of nitrogens with zero attached hydrogens (tertiary/aromatic N) is 3. The lowest BCUT2D eigenvalue weighted by Crippen LogP contribution is -2.24. The minimum absolute atomic E-state index is 0.163. The molecular formula is C17H13BrN3O2S-. The molecule has 1 aliphatic carbocycles. The van der Waals surface area contributed by atoms with Crippen molar-refractivity contribution < 1.29 is 9.90 Å². The van der Waals surface area contributed by atoms with Crippen molar-refractivity contribution in [3.63, 3.8) is 0 Å². The summed E-state index contributed by atoms with van der Waals surface area (Å²) in [4.78, 5) is 10.8. The molecule has 0 saturated heterocycles. The Morgan fingerprint density at radius 1 is 1.21 bits per heavy atom. The third-order valence-corrected chi connectivity index (χ3v) is 5.52. The van der Waals surface area contributed by atoms with Crippen molar-refractivity contribution in [2.75, 3.05) is 5.75 Å². The lowest BCUT2D eigenvalue weighted by molar-refractivity contribution is -0.301. The van der Waals surface area contributed by atoms with Crippen LogP contribution in [0.4, 0.5) is 0 Å². The van der Waals surface area contributed by atoms with Gasteiger partial charge in [-0.2, -0.15) is 0 Å². The number of hydrogen-bond donors (Lipinski definition) is 0. The van der Waals surface area contributed by atoms with Gasteiger partial charge in [0.2, 0.25) is 4.73 Å². The van der Waals surface area contributed by atoms with E-state index in [1.54, 1.807) is 0 Å². The highest BCUT2D eigenvalue weighted by Crippen LogP contribution is 2.44. The summed E-state index contributed by atoms with van der Waals surface area (Å²) in [5.41, 5.74) is 2.32. The second-order valence-corrected chi connectivity index (χ2v) is 7.39. The number of carboxylic acid groups (broad SMARTS) is 1. The molecule has 0 N–H and O–H groups in total. The largest absolute Gasteiger partial charge is 0.549 e. The Kier molecular flexibility index (Phi) is 4.05. The van der Waals surface area contributed by atoms with Gasteiger partial charge >= 0.3 is 0 Å². The first kappa shape index (κ1) is 15.7. The van der Waals surface area contributed by atoms with Crippen LogP contribution in [0.5, 0.6) is 0 Å².